The highest BCUT2D eigenvalue weighted by molar-refractivity contribution is 6.04. The maximum atomic E-state index is 13.9. The molecule has 126 valence electrons. The number of para-hydroxylation sites is 1. The molecule has 0 saturated carbocycles. The fourth-order valence-electron chi connectivity index (χ4n) is 3.04. The number of aromatic nitrogens is 2. The second-order valence-electron chi connectivity index (χ2n) is 5.89. The van der Waals surface area contributed by atoms with E-state index in [1.165, 1.54) is 11.0 Å². The highest BCUT2D eigenvalue weighted by atomic mass is 19.1. The monoisotopic (exact) mass is 338 g/mol. The van der Waals surface area contributed by atoms with Gasteiger partial charge in [-0.25, -0.2) is 9.37 Å². The Bertz CT molecular complexity index is 968. The summed E-state index contributed by atoms with van der Waals surface area (Å²) in [4.78, 5) is 33.4. The maximum Gasteiger partial charge on any atom is 0.252 e. The van der Waals surface area contributed by atoms with E-state index in [1.807, 2.05) is 0 Å². The minimum absolute atomic E-state index is 0.239. The van der Waals surface area contributed by atoms with E-state index in [-0.39, 0.29) is 17.5 Å². The van der Waals surface area contributed by atoms with Crippen molar-refractivity contribution >= 4 is 28.5 Å². The lowest BCUT2D eigenvalue weighted by Crippen LogP contribution is -2.41. The first-order chi connectivity index (χ1) is 12.1. The van der Waals surface area contributed by atoms with Crippen LogP contribution in [0.2, 0.25) is 0 Å². The van der Waals surface area contributed by atoms with Crippen molar-refractivity contribution in [2.45, 2.75) is 12.5 Å². The van der Waals surface area contributed by atoms with Crippen molar-refractivity contribution in [2.75, 3.05) is 11.4 Å². The molecule has 2 heterocycles. The molecule has 1 fully saturated rings. The lowest BCUT2D eigenvalue weighted by Gasteiger charge is -2.17. The molecule has 0 radical (unpaired) electrons. The van der Waals surface area contributed by atoms with Gasteiger partial charge in [-0.1, -0.05) is 12.1 Å². The summed E-state index contributed by atoms with van der Waals surface area (Å²) < 4.78 is 13.9. The van der Waals surface area contributed by atoms with Crippen LogP contribution < -0.4 is 10.2 Å². The van der Waals surface area contributed by atoms with Crippen LogP contribution in [0, 0.1) is 5.82 Å². The third-order valence-electron chi connectivity index (χ3n) is 4.34. The predicted octanol–water partition coefficient (Wildman–Crippen LogP) is 2.24. The zero-order valence-corrected chi connectivity index (χ0v) is 13.2. The summed E-state index contributed by atoms with van der Waals surface area (Å²) >= 11 is 0. The molecule has 7 heteroatoms. The Morgan fingerprint density at radius 3 is 2.96 bits per heavy atom. The van der Waals surface area contributed by atoms with Crippen molar-refractivity contribution in [3.8, 4) is 0 Å². The zero-order chi connectivity index (χ0) is 17.4. The summed E-state index contributed by atoms with van der Waals surface area (Å²) in [5, 5.41) is 2.73. The number of carbonyl (C=O) groups is 2. The number of nitrogens with one attached hydrogen (secondary N) is 2. The fourth-order valence-corrected chi connectivity index (χ4v) is 3.04. The summed E-state index contributed by atoms with van der Waals surface area (Å²) in [6.07, 6.45) is 1.99. The molecule has 0 aliphatic carbocycles. The third-order valence-corrected chi connectivity index (χ3v) is 4.34. The first-order valence-corrected chi connectivity index (χ1v) is 7.93. The molecule has 25 heavy (non-hydrogen) atoms. The van der Waals surface area contributed by atoms with Crippen LogP contribution in [-0.2, 0) is 4.79 Å². The number of hydrogen-bond donors (Lipinski definition) is 2. The van der Waals surface area contributed by atoms with Gasteiger partial charge in [0.15, 0.2) is 0 Å². The Balaban J connectivity index is 1.50. The molecule has 3 aromatic rings. The Hall–Kier alpha value is -3.22. The number of carbonyl (C=O) groups excluding carboxylic acids is 2. The minimum atomic E-state index is -0.662. The van der Waals surface area contributed by atoms with Crippen LogP contribution in [0.5, 0.6) is 0 Å². The van der Waals surface area contributed by atoms with E-state index in [4.69, 9.17) is 0 Å². The van der Waals surface area contributed by atoms with Crippen LogP contribution in [0.3, 0.4) is 0 Å². The maximum absolute atomic E-state index is 13.9. The number of benzene rings is 2. The van der Waals surface area contributed by atoms with Crippen molar-refractivity contribution < 1.29 is 14.0 Å². The van der Waals surface area contributed by atoms with Crippen molar-refractivity contribution in [3.63, 3.8) is 0 Å². The molecule has 1 saturated heterocycles. The van der Waals surface area contributed by atoms with Crippen LogP contribution in [-0.4, -0.2) is 34.4 Å². The number of amides is 2. The Morgan fingerprint density at radius 2 is 2.12 bits per heavy atom. The van der Waals surface area contributed by atoms with Gasteiger partial charge in [0.2, 0.25) is 5.91 Å². The summed E-state index contributed by atoms with van der Waals surface area (Å²) in [5.74, 6) is -1.10. The standard InChI is InChI=1S/C18H15FN4O2/c19-12-3-1-2-4-16(12)23-8-7-14(18(23)25)22-17(24)11-5-6-13-15(9-11)21-10-20-13/h1-6,9-10,14H,7-8H2,(H,20,21)(H,22,24)/t14-/m1/s1. The number of rotatable bonds is 3. The first-order valence-electron chi connectivity index (χ1n) is 7.93. The molecule has 1 aliphatic rings. The number of H-pyrrole nitrogens is 1. The van der Waals surface area contributed by atoms with Gasteiger partial charge in [0, 0.05) is 12.1 Å². The molecule has 1 aliphatic heterocycles. The smallest absolute Gasteiger partial charge is 0.252 e. The Kier molecular flexibility index (Phi) is 3.68. The fraction of sp³-hybridized carbons (Fsp3) is 0.167. The van der Waals surface area contributed by atoms with E-state index in [2.05, 4.69) is 15.3 Å². The zero-order valence-electron chi connectivity index (χ0n) is 13.2. The van der Waals surface area contributed by atoms with E-state index >= 15 is 0 Å². The largest absolute Gasteiger partial charge is 0.345 e. The summed E-state index contributed by atoms with van der Waals surface area (Å²) in [7, 11) is 0. The van der Waals surface area contributed by atoms with Crippen LogP contribution in [0.15, 0.2) is 48.8 Å². The van der Waals surface area contributed by atoms with E-state index in [0.717, 1.165) is 11.0 Å². The number of anilines is 1. The lowest BCUT2D eigenvalue weighted by molar-refractivity contribution is -0.118. The summed E-state index contributed by atoms with van der Waals surface area (Å²) in [6, 6.07) is 10.5. The van der Waals surface area contributed by atoms with Crippen molar-refractivity contribution in [3.05, 3.63) is 60.2 Å². The molecule has 1 atom stereocenters. The van der Waals surface area contributed by atoms with Crippen molar-refractivity contribution in [2.24, 2.45) is 0 Å². The van der Waals surface area contributed by atoms with Crippen LogP contribution in [0.4, 0.5) is 10.1 Å². The molecular weight excluding hydrogens is 323 g/mol. The molecular formula is C18H15FN4O2. The van der Waals surface area contributed by atoms with Gasteiger partial charge in [-0.3, -0.25) is 9.59 Å². The first kappa shape index (κ1) is 15.3. The van der Waals surface area contributed by atoms with Gasteiger partial charge in [-0.05, 0) is 36.8 Å². The van der Waals surface area contributed by atoms with Gasteiger partial charge >= 0.3 is 0 Å². The third kappa shape index (κ3) is 2.73. The molecule has 0 spiro atoms. The normalized spacial score (nSPS) is 17.2. The number of hydrogen-bond acceptors (Lipinski definition) is 3. The van der Waals surface area contributed by atoms with Crippen LogP contribution >= 0.6 is 0 Å². The van der Waals surface area contributed by atoms with E-state index in [1.54, 1.807) is 42.7 Å². The van der Waals surface area contributed by atoms with Crippen LogP contribution in [0.1, 0.15) is 16.8 Å². The second-order valence-corrected chi connectivity index (χ2v) is 5.89. The molecule has 6 nitrogen and oxygen atoms in total. The van der Waals surface area contributed by atoms with Crippen molar-refractivity contribution in [1.82, 2.24) is 15.3 Å². The molecule has 0 unspecified atom stereocenters. The quantitative estimate of drug-likeness (QED) is 0.769. The molecule has 0 bridgehead atoms. The Morgan fingerprint density at radius 1 is 1.28 bits per heavy atom. The van der Waals surface area contributed by atoms with Gasteiger partial charge in [-0.2, -0.15) is 0 Å². The van der Waals surface area contributed by atoms with Gasteiger partial charge < -0.3 is 15.2 Å². The average molecular weight is 338 g/mol. The Labute approximate surface area is 142 Å². The summed E-state index contributed by atoms with van der Waals surface area (Å²) in [5.41, 5.74) is 2.19. The highest BCUT2D eigenvalue weighted by Crippen LogP contribution is 2.24. The topological polar surface area (TPSA) is 78.1 Å². The minimum Gasteiger partial charge on any atom is -0.345 e. The lowest BCUT2D eigenvalue weighted by atomic mass is 10.1. The summed E-state index contributed by atoms with van der Waals surface area (Å²) in [6.45, 7) is 0.365. The number of nitrogens with zero attached hydrogens (tertiary/aromatic N) is 2. The van der Waals surface area contributed by atoms with Crippen LogP contribution in [0.25, 0.3) is 11.0 Å². The van der Waals surface area contributed by atoms with Crippen molar-refractivity contribution in [1.29, 1.82) is 0 Å². The number of aromatic amines is 1. The molecule has 2 aromatic carbocycles. The van der Waals surface area contributed by atoms with Gasteiger partial charge in [-0.15, -0.1) is 0 Å². The van der Waals surface area contributed by atoms with Gasteiger partial charge in [0.1, 0.15) is 11.9 Å². The molecule has 4 rings (SSSR count). The highest BCUT2D eigenvalue weighted by Gasteiger charge is 2.34. The van der Waals surface area contributed by atoms with Gasteiger partial charge in [0.25, 0.3) is 5.91 Å². The number of fused-ring (bicyclic) bond motifs is 1. The van der Waals surface area contributed by atoms with E-state index < -0.39 is 11.9 Å². The van der Waals surface area contributed by atoms with Gasteiger partial charge in [0.05, 0.1) is 23.0 Å². The predicted molar refractivity (Wildman–Crippen MR) is 90.7 cm³/mol. The van der Waals surface area contributed by atoms with E-state index in [9.17, 15) is 14.0 Å². The molecule has 2 N–H and O–H groups in total. The number of imidazole rings is 1. The second kappa shape index (κ2) is 6.01. The molecule has 1 aromatic heterocycles. The average Bonchev–Trinajstić information content (AvgIpc) is 3.22. The molecule has 2 amide bonds. The SMILES string of the molecule is O=C(N[C@@H]1CCN(c2ccccc2F)C1=O)c1ccc2nc[nH]c2c1. The van der Waals surface area contributed by atoms with E-state index in [0.29, 0.717) is 18.5 Å². The number of halogens is 1.